The van der Waals surface area contributed by atoms with Crippen molar-refractivity contribution in [3.63, 3.8) is 0 Å². The van der Waals surface area contributed by atoms with Crippen molar-refractivity contribution in [1.29, 1.82) is 0 Å². The lowest BCUT2D eigenvalue weighted by atomic mass is 10.0. The number of tetrazole rings is 1. The lowest BCUT2D eigenvalue weighted by molar-refractivity contribution is -0.142. The molecule has 2 N–H and O–H groups in total. The number of hydroxylamine groups is 2. The van der Waals surface area contributed by atoms with E-state index >= 15 is 0 Å². The van der Waals surface area contributed by atoms with Crippen molar-refractivity contribution in [3.05, 3.63) is 5.82 Å². The van der Waals surface area contributed by atoms with Crippen LogP contribution < -0.4 is 5.32 Å². The minimum absolute atomic E-state index is 0.0342. The van der Waals surface area contributed by atoms with Gasteiger partial charge in [-0.05, 0) is 25.0 Å². The van der Waals surface area contributed by atoms with Crippen LogP contribution >= 0.6 is 0 Å². The number of hydrogen-bond donors (Lipinski definition) is 2. The first-order valence-corrected chi connectivity index (χ1v) is 10.9. The Balaban J connectivity index is 1.49. The van der Waals surface area contributed by atoms with Gasteiger partial charge in [-0.25, -0.2) is 4.79 Å². The number of carbonyl (C=O) groups excluding carboxylic acids is 4. The number of fused-ring (bicyclic) bond motifs is 2. The number of rotatable bonds is 10. The molecule has 0 unspecified atom stereocenters. The molecule has 17 heteroatoms. The number of Topliss-reactive ketones (excluding diaryl/α,β-unsaturated/α-hetero) is 1. The Hall–Kier alpha value is -3.18. The first-order chi connectivity index (χ1) is 15.1. The molecule has 32 heavy (non-hydrogen) atoms. The number of piperidine rings is 1. The van der Waals surface area contributed by atoms with E-state index in [1.54, 1.807) is 6.92 Å². The molecule has 176 valence electrons. The number of carbonyl (C=O) groups is 4. The van der Waals surface area contributed by atoms with Crippen LogP contribution in [0.4, 0.5) is 4.79 Å². The van der Waals surface area contributed by atoms with Gasteiger partial charge in [0.15, 0.2) is 11.6 Å². The summed E-state index contributed by atoms with van der Waals surface area (Å²) in [5.41, 5.74) is 0. The second-order valence-corrected chi connectivity index (χ2v) is 7.99. The number of ether oxygens (including phenoxy) is 1. The standard InChI is InChI=1S/C15H21N7O9S/c1-2-30-13(24)5-12-17-19-21(18-12)8-10(23)6-16-14(25)11-4-3-9-7-20(11)15(26)22(9)31-32(27,28)29/h9,11H,2-8H2,1H3,(H,16,25)(H,27,28,29)/t9-,11+/m1/s1. The van der Waals surface area contributed by atoms with E-state index in [0.29, 0.717) is 5.06 Å². The van der Waals surface area contributed by atoms with Crippen LogP contribution in [0.5, 0.6) is 0 Å². The van der Waals surface area contributed by atoms with E-state index in [1.807, 2.05) is 0 Å². The summed E-state index contributed by atoms with van der Waals surface area (Å²) in [5.74, 6) is -1.51. The maximum Gasteiger partial charge on any atom is 0.418 e. The molecule has 0 radical (unpaired) electrons. The Morgan fingerprint density at radius 3 is 2.72 bits per heavy atom. The van der Waals surface area contributed by atoms with Crippen LogP contribution in [0.2, 0.25) is 0 Å². The third-order valence-electron chi connectivity index (χ3n) is 4.68. The number of ketones is 1. The Bertz CT molecular complexity index is 1010. The number of nitrogens with one attached hydrogen (secondary N) is 1. The van der Waals surface area contributed by atoms with Crippen molar-refractivity contribution in [2.75, 3.05) is 19.7 Å². The van der Waals surface area contributed by atoms with E-state index in [-0.39, 0.29) is 51.3 Å². The maximum atomic E-state index is 12.5. The average molecular weight is 475 g/mol. The van der Waals surface area contributed by atoms with E-state index in [4.69, 9.17) is 9.29 Å². The zero-order valence-corrected chi connectivity index (χ0v) is 17.7. The summed E-state index contributed by atoms with van der Waals surface area (Å²) in [4.78, 5) is 50.4. The van der Waals surface area contributed by atoms with E-state index in [0.717, 1.165) is 9.70 Å². The van der Waals surface area contributed by atoms with E-state index < -0.39 is 46.2 Å². The molecule has 3 heterocycles. The monoisotopic (exact) mass is 475 g/mol. The normalized spacial score (nSPS) is 20.4. The van der Waals surface area contributed by atoms with Gasteiger partial charge in [0.25, 0.3) is 0 Å². The lowest BCUT2D eigenvalue weighted by Crippen LogP contribution is -2.50. The predicted molar refractivity (Wildman–Crippen MR) is 99.6 cm³/mol. The second-order valence-electron chi connectivity index (χ2n) is 6.98. The molecular weight excluding hydrogens is 454 g/mol. The fourth-order valence-corrected chi connectivity index (χ4v) is 3.76. The minimum atomic E-state index is -4.89. The third kappa shape index (κ3) is 5.74. The van der Waals surface area contributed by atoms with Gasteiger partial charge in [-0.2, -0.15) is 18.3 Å². The first-order valence-electron chi connectivity index (χ1n) is 9.56. The van der Waals surface area contributed by atoms with Crippen LogP contribution in [-0.2, 0) is 46.8 Å². The zero-order chi connectivity index (χ0) is 23.5. The SMILES string of the molecule is CCOC(=O)Cc1nnn(CC(=O)CNC(=O)[C@@H]2CC[C@@H]3CN2C(=O)N3OS(=O)(=O)O)n1. The molecule has 0 aromatic carbocycles. The Kier molecular flexibility index (Phi) is 6.99. The van der Waals surface area contributed by atoms with Gasteiger partial charge < -0.3 is 15.0 Å². The molecule has 0 spiro atoms. The number of aromatic nitrogens is 4. The van der Waals surface area contributed by atoms with Crippen molar-refractivity contribution in [2.45, 2.75) is 44.8 Å². The van der Waals surface area contributed by atoms with Gasteiger partial charge >= 0.3 is 22.4 Å². The number of amides is 3. The van der Waals surface area contributed by atoms with E-state index in [2.05, 4.69) is 25.0 Å². The highest BCUT2D eigenvalue weighted by Gasteiger charge is 2.49. The van der Waals surface area contributed by atoms with Crippen LogP contribution in [0.15, 0.2) is 0 Å². The molecule has 3 amide bonds. The molecule has 16 nitrogen and oxygen atoms in total. The number of nitrogens with zero attached hydrogens (tertiary/aromatic N) is 6. The lowest BCUT2D eigenvalue weighted by Gasteiger charge is -2.29. The van der Waals surface area contributed by atoms with Gasteiger partial charge in [-0.1, -0.05) is 0 Å². The van der Waals surface area contributed by atoms with Gasteiger partial charge in [-0.15, -0.1) is 14.5 Å². The number of hydrogen-bond acceptors (Lipinski definition) is 11. The van der Waals surface area contributed by atoms with Crippen molar-refractivity contribution >= 4 is 34.1 Å². The van der Waals surface area contributed by atoms with Crippen molar-refractivity contribution < 1.29 is 41.2 Å². The van der Waals surface area contributed by atoms with Crippen LogP contribution in [0, 0.1) is 0 Å². The van der Waals surface area contributed by atoms with Crippen LogP contribution in [0.1, 0.15) is 25.6 Å². The summed E-state index contributed by atoms with van der Waals surface area (Å²) in [6, 6.07) is -2.43. The predicted octanol–water partition coefficient (Wildman–Crippen LogP) is -2.53. The molecule has 1 aromatic heterocycles. The Labute approximate surface area is 181 Å². The fraction of sp³-hybridized carbons (Fsp3) is 0.667. The van der Waals surface area contributed by atoms with Gasteiger partial charge in [0.05, 0.1) is 19.2 Å². The largest absolute Gasteiger partial charge is 0.466 e. The topological polar surface area (TPSA) is 203 Å². The highest BCUT2D eigenvalue weighted by atomic mass is 32.3. The number of esters is 1. The molecule has 2 aliphatic heterocycles. The van der Waals surface area contributed by atoms with Crippen LogP contribution in [-0.4, -0.2) is 98.6 Å². The van der Waals surface area contributed by atoms with Gasteiger partial charge in [0, 0.05) is 6.54 Å². The quantitative estimate of drug-likeness (QED) is 0.265. The summed E-state index contributed by atoms with van der Waals surface area (Å²) >= 11 is 0. The molecule has 1 aromatic rings. The highest BCUT2D eigenvalue weighted by molar-refractivity contribution is 7.80. The summed E-state index contributed by atoms with van der Waals surface area (Å²) in [7, 11) is -4.89. The van der Waals surface area contributed by atoms with E-state index in [1.165, 1.54) is 0 Å². The Morgan fingerprint density at radius 1 is 1.28 bits per heavy atom. The molecular formula is C15H21N7O9S. The van der Waals surface area contributed by atoms with Crippen LogP contribution in [0.25, 0.3) is 0 Å². The molecule has 2 aliphatic rings. The third-order valence-corrected chi connectivity index (χ3v) is 5.03. The zero-order valence-electron chi connectivity index (χ0n) is 16.9. The smallest absolute Gasteiger partial charge is 0.418 e. The first kappa shape index (κ1) is 23.5. The van der Waals surface area contributed by atoms with Gasteiger partial charge in [-0.3, -0.25) is 18.9 Å². The van der Waals surface area contributed by atoms with Crippen LogP contribution in [0.3, 0.4) is 0 Å². The van der Waals surface area contributed by atoms with Crippen molar-refractivity contribution in [3.8, 4) is 0 Å². The Morgan fingerprint density at radius 2 is 2.03 bits per heavy atom. The van der Waals surface area contributed by atoms with Crippen molar-refractivity contribution in [1.82, 2.24) is 35.5 Å². The summed E-state index contributed by atoms with van der Waals surface area (Å²) in [6.45, 7) is 1.22. The molecule has 2 fully saturated rings. The summed E-state index contributed by atoms with van der Waals surface area (Å²) < 4.78 is 39.7. The molecule has 2 saturated heterocycles. The molecule has 2 bridgehead atoms. The molecule has 3 rings (SSSR count). The molecule has 0 aliphatic carbocycles. The molecule has 2 atom stereocenters. The number of urea groups is 1. The van der Waals surface area contributed by atoms with Gasteiger partial charge in [0.2, 0.25) is 5.91 Å². The van der Waals surface area contributed by atoms with E-state index in [9.17, 15) is 27.6 Å². The average Bonchev–Trinajstić information content (AvgIpc) is 3.23. The maximum absolute atomic E-state index is 12.5. The molecule has 0 saturated carbocycles. The summed E-state index contributed by atoms with van der Waals surface area (Å²) in [6.07, 6.45) is 0.281. The fourth-order valence-electron chi connectivity index (χ4n) is 3.38. The minimum Gasteiger partial charge on any atom is -0.466 e. The van der Waals surface area contributed by atoms with Crippen molar-refractivity contribution in [2.24, 2.45) is 0 Å². The van der Waals surface area contributed by atoms with Gasteiger partial charge in [0.1, 0.15) is 19.0 Å². The highest BCUT2D eigenvalue weighted by Crippen LogP contribution is 2.30. The second kappa shape index (κ2) is 9.53. The summed E-state index contributed by atoms with van der Waals surface area (Å²) in [5, 5.41) is 14.1.